The molecule has 7 heteroatoms. The van der Waals surface area contributed by atoms with E-state index in [1.165, 1.54) is 23.7 Å². The number of aryl methyl sites for hydroxylation is 1. The number of carboxylic acid groups (broad SMARTS) is 1. The number of hydrogen-bond acceptors (Lipinski definition) is 5. The van der Waals surface area contributed by atoms with Gasteiger partial charge in [-0.05, 0) is 18.2 Å². The SMILES string of the molecule is CCc1nsc(Nc2ccc(C(=O)O)cc2Cl)n1. The molecule has 2 aromatic rings. The van der Waals surface area contributed by atoms with Gasteiger partial charge in [-0.2, -0.15) is 4.37 Å². The highest BCUT2D eigenvalue weighted by molar-refractivity contribution is 7.09. The molecule has 0 saturated heterocycles. The highest BCUT2D eigenvalue weighted by Gasteiger charge is 2.09. The lowest BCUT2D eigenvalue weighted by Crippen LogP contribution is -1.97. The molecule has 0 saturated carbocycles. The van der Waals surface area contributed by atoms with Gasteiger partial charge in [-0.1, -0.05) is 18.5 Å². The fraction of sp³-hybridized carbons (Fsp3) is 0.182. The van der Waals surface area contributed by atoms with Gasteiger partial charge in [-0.3, -0.25) is 0 Å². The maximum atomic E-state index is 10.8. The standard InChI is InChI=1S/C11H10ClN3O2S/c1-2-9-14-11(18-15-9)13-8-4-3-6(10(16)17)5-7(8)12/h3-5H,2H2,1H3,(H,16,17)(H,13,14,15). The van der Waals surface area contributed by atoms with Gasteiger partial charge in [0.2, 0.25) is 5.13 Å². The number of aromatic carboxylic acids is 1. The van der Waals surface area contributed by atoms with Gasteiger partial charge in [-0.15, -0.1) is 0 Å². The van der Waals surface area contributed by atoms with Gasteiger partial charge < -0.3 is 10.4 Å². The molecule has 0 aliphatic carbocycles. The maximum Gasteiger partial charge on any atom is 0.335 e. The topological polar surface area (TPSA) is 75.1 Å². The average Bonchev–Trinajstić information content (AvgIpc) is 2.79. The number of carboxylic acids is 1. The summed E-state index contributed by atoms with van der Waals surface area (Å²) < 4.78 is 4.14. The van der Waals surface area contributed by atoms with Crippen molar-refractivity contribution < 1.29 is 9.90 Å². The zero-order chi connectivity index (χ0) is 13.1. The van der Waals surface area contributed by atoms with Crippen molar-refractivity contribution >= 4 is 39.9 Å². The van der Waals surface area contributed by atoms with E-state index in [0.29, 0.717) is 15.8 Å². The minimum atomic E-state index is -1.01. The van der Waals surface area contributed by atoms with Gasteiger partial charge in [0.15, 0.2) is 0 Å². The van der Waals surface area contributed by atoms with Crippen LogP contribution in [0.4, 0.5) is 10.8 Å². The normalized spacial score (nSPS) is 10.3. The summed E-state index contributed by atoms with van der Waals surface area (Å²) in [6.45, 7) is 1.97. The number of halogens is 1. The Hall–Kier alpha value is -1.66. The molecule has 0 unspecified atom stereocenters. The van der Waals surface area contributed by atoms with Crippen molar-refractivity contribution in [2.45, 2.75) is 13.3 Å². The Kier molecular flexibility index (Phi) is 3.78. The molecule has 2 rings (SSSR count). The van der Waals surface area contributed by atoms with Crippen LogP contribution in [0.3, 0.4) is 0 Å². The minimum absolute atomic E-state index is 0.150. The molecule has 1 aromatic carbocycles. The lowest BCUT2D eigenvalue weighted by atomic mass is 10.2. The Labute approximate surface area is 113 Å². The smallest absolute Gasteiger partial charge is 0.335 e. The quantitative estimate of drug-likeness (QED) is 0.901. The van der Waals surface area contributed by atoms with Crippen molar-refractivity contribution in [1.29, 1.82) is 0 Å². The Morgan fingerprint density at radius 1 is 1.56 bits per heavy atom. The second-order valence-corrected chi connectivity index (χ2v) is 4.65. The number of hydrogen-bond donors (Lipinski definition) is 2. The van der Waals surface area contributed by atoms with Crippen LogP contribution in [0.1, 0.15) is 23.1 Å². The van der Waals surface area contributed by atoms with Crippen LogP contribution in [0.5, 0.6) is 0 Å². The molecule has 1 aromatic heterocycles. The molecular formula is C11H10ClN3O2S. The number of nitrogens with one attached hydrogen (secondary N) is 1. The van der Waals surface area contributed by atoms with Crippen molar-refractivity contribution in [2.75, 3.05) is 5.32 Å². The highest BCUT2D eigenvalue weighted by atomic mass is 35.5. The zero-order valence-electron chi connectivity index (χ0n) is 9.48. The van der Waals surface area contributed by atoms with E-state index in [1.807, 2.05) is 6.92 Å². The van der Waals surface area contributed by atoms with Crippen LogP contribution in [0.25, 0.3) is 0 Å². The van der Waals surface area contributed by atoms with E-state index in [9.17, 15) is 4.79 Å². The average molecular weight is 284 g/mol. The first kappa shape index (κ1) is 12.8. The number of aromatic nitrogens is 2. The van der Waals surface area contributed by atoms with E-state index in [2.05, 4.69) is 14.7 Å². The first-order valence-electron chi connectivity index (χ1n) is 5.22. The third-order valence-electron chi connectivity index (χ3n) is 2.24. The fourth-order valence-electron chi connectivity index (χ4n) is 1.31. The molecule has 0 fully saturated rings. The Bertz CT molecular complexity index is 585. The fourth-order valence-corrected chi connectivity index (χ4v) is 2.20. The molecule has 2 N–H and O–H groups in total. The van der Waals surface area contributed by atoms with Crippen molar-refractivity contribution in [3.05, 3.63) is 34.6 Å². The molecular weight excluding hydrogens is 274 g/mol. The predicted octanol–water partition coefficient (Wildman–Crippen LogP) is 3.20. The van der Waals surface area contributed by atoms with Crippen LogP contribution in [0.2, 0.25) is 5.02 Å². The molecule has 5 nitrogen and oxygen atoms in total. The zero-order valence-corrected chi connectivity index (χ0v) is 11.0. The van der Waals surface area contributed by atoms with Crippen LogP contribution in [-0.4, -0.2) is 20.4 Å². The highest BCUT2D eigenvalue weighted by Crippen LogP contribution is 2.27. The van der Waals surface area contributed by atoms with E-state index in [1.54, 1.807) is 6.07 Å². The van der Waals surface area contributed by atoms with Gasteiger partial charge in [0, 0.05) is 18.0 Å². The van der Waals surface area contributed by atoms with Crippen molar-refractivity contribution in [2.24, 2.45) is 0 Å². The molecule has 0 radical (unpaired) electrons. The number of benzene rings is 1. The van der Waals surface area contributed by atoms with Crippen molar-refractivity contribution in [3.8, 4) is 0 Å². The third kappa shape index (κ3) is 2.77. The lowest BCUT2D eigenvalue weighted by molar-refractivity contribution is 0.0697. The lowest BCUT2D eigenvalue weighted by Gasteiger charge is -2.05. The monoisotopic (exact) mass is 283 g/mol. The van der Waals surface area contributed by atoms with E-state index in [0.717, 1.165) is 12.2 Å². The molecule has 1 heterocycles. The summed E-state index contributed by atoms with van der Waals surface area (Å²) in [5.41, 5.74) is 0.762. The summed E-state index contributed by atoms with van der Waals surface area (Å²) >= 11 is 7.24. The van der Waals surface area contributed by atoms with E-state index in [-0.39, 0.29) is 5.56 Å². The second kappa shape index (κ2) is 5.32. The number of carbonyl (C=O) groups is 1. The predicted molar refractivity (Wildman–Crippen MR) is 71.0 cm³/mol. The van der Waals surface area contributed by atoms with Crippen molar-refractivity contribution in [1.82, 2.24) is 9.36 Å². The van der Waals surface area contributed by atoms with Crippen LogP contribution in [0, 0.1) is 0 Å². The van der Waals surface area contributed by atoms with E-state index < -0.39 is 5.97 Å². The molecule has 0 spiro atoms. The Balaban J connectivity index is 2.21. The molecule has 0 amide bonds. The van der Waals surface area contributed by atoms with Gasteiger partial charge in [0.25, 0.3) is 0 Å². The number of anilines is 2. The molecule has 94 valence electrons. The maximum absolute atomic E-state index is 10.8. The molecule has 18 heavy (non-hydrogen) atoms. The molecule has 0 bridgehead atoms. The first-order chi connectivity index (χ1) is 8.60. The van der Waals surface area contributed by atoms with Crippen LogP contribution < -0.4 is 5.32 Å². The first-order valence-corrected chi connectivity index (χ1v) is 6.37. The van der Waals surface area contributed by atoms with E-state index >= 15 is 0 Å². The van der Waals surface area contributed by atoms with Crippen LogP contribution in [0.15, 0.2) is 18.2 Å². The molecule has 0 aliphatic heterocycles. The van der Waals surface area contributed by atoms with E-state index in [4.69, 9.17) is 16.7 Å². The van der Waals surface area contributed by atoms with Gasteiger partial charge in [0.05, 0.1) is 16.3 Å². The van der Waals surface area contributed by atoms with Gasteiger partial charge in [-0.25, -0.2) is 9.78 Å². The second-order valence-electron chi connectivity index (χ2n) is 3.49. The van der Waals surface area contributed by atoms with Crippen molar-refractivity contribution in [3.63, 3.8) is 0 Å². The summed E-state index contributed by atoms with van der Waals surface area (Å²) in [4.78, 5) is 15.0. The third-order valence-corrected chi connectivity index (χ3v) is 3.22. The molecule has 0 aliphatic rings. The van der Waals surface area contributed by atoms with Crippen LogP contribution in [-0.2, 0) is 6.42 Å². The summed E-state index contributed by atoms with van der Waals surface area (Å²) in [6, 6.07) is 4.49. The summed E-state index contributed by atoms with van der Waals surface area (Å²) in [6.07, 6.45) is 0.768. The minimum Gasteiger partial charge on any atom is -0.478 e. The van der Waals surface area contributed by atoms with Gasteiger partial charge in [0.1, 0.15) is 5.82 Å². The molecule has 0 atom stereocenters. The summed E-state index contributed by atoms with van der Waals surface area (Å²) in [7, 11) is 0. The number of nitrogens with zero attached hydrogens (tertiary/aromatic N) is 2. The van der Waals surface area contributed by atoms with Gasteiger partial charge >= 0.3 is 5.97 Å². The Morgan fingerprint density at radius 2 is 2.33 bits per heavy atom. The largest absolute Gasteiger partial charge is 0.478 e. The summed E-state index contributed by atoms with van der Waals surface area (Å²) in [5.74, 6) is -0.242. The Morgan fingerprint density at radius 3 is 2.89 bits per heavy atom. The summed E-state index contributed by atoms with van der Waals surface area (Å²) in [5, 5.41) is 12.8. The van der Waals surface area contributed by atoms with Crippen LogP contribution >= 0.6 is 23.1 Å². The number of rotatable bonds is 4.